The molecule has 0 bridgehead atoms. The number of esters is 1. The van der Waals surface area contributed by atoms with Crippen molar-refractivity contribution in [2.24, 2.45) is 13.0 Å². The summed E-state index contributed by atoms with van der Waals surface area (Å²) in [6.07, 6.45) is 8.97. The molecule has 5 rings (SSSR count). The second kappa shape index (κ2) is 11.6. The van der Waals surface area contributed by atoms with Crippen LogP contribution >= 0.6 is 0 Å². The van der Waals surface area contributed by atoms with Crippen LogP contribution in [-0.2, 0) is 27.9 Å². The highest BCUT2D eigenvalue weighted by molar-refractivity contribution is 5.95. The van der Waals surface area contributed by atoms with Crippen LogP contribution in [-0.4, -0.2) is 28.8 Å². The van der Waals surface area contributed by atoms with E-state index in [0.29, 0.717) is 11.1 Å². The number of amides is 1. The Labute approximate surface area is 229 Å². The van der Waals surface area contributed by atoms with Gasteiger partial charge in [0.05, 0.1) is 26.7 Å². The summed E-state index contributed by atoms with van der Waals surface area (Å²) in [5.74, 6) is -1.53. The van der Waals surface area contributed by atoms with Crippen LogP contribution in [0.5, 0.6) is 0 Å². The van der Waals surface area contributed by atoms with Crippen LogP contribution in [0.25, 0.3) is 28.1 Å². The lowest BCUT2D eigenvalue weighted by Crippen LogP contribution is -2.36. The largest absolute Gasteiger partial charge is 0.466 e. The van der Waals surface area contributed by atoms with Gasteiger partial charge in [-0.25, -0.2) is 9.18 Å². The molecule has 0 aliphatic heterocycles. The summed E-state index contributed by atoms with van der Waals surface area (Å²) in [5.41, 5.74) is 4.34. The van der Waals surface area contributed by atoms with Crippen molar-refractivity contribution in [2.45, 2.75) is 38.6 Å². The molecule has 0 spiro atoms. The van der Waals surface area contributed by atoms with Gasteiger partial charge in [-0.15, -0.1) is 0 Å². The minimum absolute atomic E-state index is 0.181. The number of fused-ring (bicyclic) bond motifs is 1. The Balaban J connectivity index is 1.48. The molecule has 6 nitrogen and oxygen atoms in total. The lowest BCUT2D eigenvalue weighted by molar-refractivity contribution is -0.134. The molecule has 1 heterocycles. The number of anilines is 1. The summed E-state index contributed by atoms with van der Waals surface area (Å²) in [6.45, 7) is -1.08. The first-order chi connectivity index (χ1) is 19.3. The molecule has 1 aromatic heterocycles. The van der Waals surface area contributed by atoms with Gasteiger partial charge in [-0.1, -0.05) is 49.6 Å². The Hall–Kier alpha value is -4.26. The molecular weight excluding hydrogens is 493 g/mol. The van der Waals surface area contributed by atoms with Crippen molar-refractivity contribution in [3.8, 4) is 11.1 Å². The molecule has 0 saturated heterocycles. The first-order valence-corrected chi connectivity index (χ1v) is 13.2. The summed E-state index contributed by atoms with van der Waals surface area (Å²) in [7, 11) is 3.17. The van der Waals surface area contributed by atoms with Gasteiger partial charge in [0.1, 0.15) is 5.82 Å². The second-order valence-corrected chi connectivity index (χ2v) is 9.94. The predicted molar refractivity (Wildman–Crippen MR) is 151 cm³/mol. The molecule has 7 heteroatoms. The number of ether oxygens (including phenoxy) is 1. The van der Waals surface area contributed by atoms with E-state index in [1.54, 1.807) is 6.07 Å². The first-order valence-electron chi connectivity index (χ1n) is 13.8. The van der Waals surface area contributed by atoms with Gasteiger partial charge in [0, 0.05) is 30.1 Å². The Morgan fingerprint density at radius 2 is 1.82 bits per heavy atom. The van der Waals surface area contributed by atoms with Gasteiger partial charge < -0.3 is 9.64 Å². The highest BCUT2D eigenvalue weighted by atomic mass is 19.1. The summed E-state index contributed by atoms with van der Waals surface area (Å²) in [6, 6.07) is 17.9. The van der Waals surface area contributed by atoms with Gasteiger partial charge >= 0.3 is 5.97 Å². The zero-order chi connectivity index (χ0) is 28.2. The molecule has 1 amide bonds. The number of carbonyl (C=O) groups excluding carboxylic acids is 2. The van der Waals surface area contributed by atoms with E-state index in [1.807, 2.05) is 54.3 Å². The Morgan fingerprint density at radius 3 is 2.56 bits per heavy atom. The quantitative estimate of drug-likeness (QED) is 0.199. The van der Waals surface area contributed by atoms with Crippen molar-refractivity contribution in [3.05, 3.63) is 89.9 Å². The molecule has 1 atom stereocenters. The number of nitrogens with zero attached hydrogens (tertiary/aromatic N) is 3. The number of benzene rings is 3. The Morgan fingerprint density at radius 1 is 1.08 bits per heavy atom. The van der Waals surface area contributed by atoms with E-state index < -0.39 is 18.3 Å². The summed E-state index contributed by atoms with van der Waals surface area (Å²) >= 11 is 0. The summed E-state index contributed by atoms with van der Waals surface area (Å²) < 4.78 is 30.4. The third-order valence-corrected chi connectivity index (χ3v) is 7.26. The van der Waals surface area contributed by atoms with Crippen LogP contribution < -0.4 is 4.90 Å². The van der Waals surface area contributed by atoms with Crippen molar-refractivity contribution in [1.29, 1.82) is 0 Å². The molecule has 200 valence electrons. The van der Waals surface area contributed by atoms with Gasteiger partial charge in [-0.2, -0.15) is 5.10 Å². The maximum atomic E-state index is 14.8. The minimum Gasteiger partial charge on any atom is -0.466 e. The van der Waals surface area contributed by atoms with Gasteiger partial charge in [-0.05, 0) is 71.5 Å². The molecule has 0 unspecified atom stereocenters. The van der Waals surface area contributed by atoms with Crippen LogP contribution in [0.15, 0.2) is 72.9 Å². The molecular formula is C32H32FN3O3. The maximum absolute atomic E-state index is 14.8. The smallest absolute Gasteiger partial charge is 0.330 e. The number of halogens is 1. The molecule has 1 aliphatic rings. The summed E-state index contributed by atoms with van der Waals surface area (Å²) in [4.78, 5) is 26.8. The van der Waals surface area contributed by atoms with Crippen molar-refractivity contribution >= 4 is 34.5 Å². The fraction of sp³-hybridized carbons (Fsp3) is 0.281. The number of rotatable bonds is 7. The molecule has 1 fully saturated rings. The van der Waals surface area contributed by atoms with E-state index in [-0.39, 0.29) is 17.5 Å². The zero-order valence-electron chi connectivity index (χ0n) is 23.1. The molecule has 0 radical (unpaired) electrons. The monoisotopic (exact) mass is 526 g/mol. The van der Waals surface area contributed by atoms with Crippen LogP contribution in [0.2, 0.25) is 0 Å². The number of carbonyl (C=O) groups is 2. The number of hydrogen-bond acceptors (Lipinski definition) is 4. The van der Waals surface area contributed by atoms with Gasteiger partial charge in [-0.3, -0.25) is 9.48 Å². The number of aryl methyl sites for hydroxylation is 1. The number of aromatic nitrogens is 2. The van der Waals surface area contributed by atoms with Crippen molar-refractivity contribution in [2.75, 3.05) is 12.0 Å². The SMILES string of the molecule is [2H][C@H](c1ccc(-c2ccc3c(cnn3C)c2)cc1)N(C(=O)C1CCCCC1)c1cc(F)cc(/C=C/C(=O)OC)c1. The second-order valence-electron chi connectivity index (χ2n) is 9.94. The van der Waals surface area contributed by atoms with Crippen molar-refractivity contribution in [1.82, 2.24) is 9.78 Å². The fourth-order valence-electron chi connectivity index (χ4n) is 5.13. The molecule has 39 heavy (non-hydrogen) atoms. The average Bonchev–Trinajstić information content (AvgIpc) is 3.36. The van der Waals surface area contributed by atoms with Gasteiger partial charge in [0.15, 0.2) is 0 Å². The van der Waals surface area contributed by atoms with E-state index in [9.17, 15) is 14.0 Å². The molecule has 3 aromatic carbocycles. The predicted octanol–water partition coefficient (Wildman–Crippen LogP) is 6.68. The molecule has 1 saturated carbocycles. The van der Waals surface area contributed by atoms with Crippen molar-refractivity contribution in [3.63, 3.8) is 0 Å². The minimum atomic E-state index is -1.08. The normalized spacial score (nSPS) is 15.3. The Bertz CT molecular complexity index is 1560. The van der Waals surface area contributed by atoms with Crippen LogP contribution in [0.3, 0.4) is 0 Å². The first kappa shape index (κ1) is 25.0. The number of hydrogen-bond donors (Lipinski definition) is 0. The highest BCUT2D eigenvalue weighted by Gasteiger charge is 2.27. The van der Waals surface area contributed by atoms with Gasteiger partial charge in [0.25, 0.3) is 0 Å². The van der Waals surface area contributed by atoms with E-state index in [4.69, 9.17) is 1.37 Å². The Kier molecular flexibility index (Phi) is 7.47. The molecule has 4 aromatic rings. The van der Waals surface area contributed by atoms with Crippen LogP contribution in [0.1, 0.15) is 44.6 Å². The van der Waals surface area contributed by atoms with Crippen LogP contribution in [0, 0.1) is 11.7 Å². The maximum Gasteiger partial charge on any atom is 0.330 e. The third-order valence-electron chi connectivity index (χ3n) is 7.26. The van der Waals surface area contributed by atoms with E-state index in [2.05, 4.69) is 15.9 Å². The highest BCUT2D eigenvalue weighted by Crippen LogP contribution is 2.31. The molecule has 0 N–H and O–H groups in total. The van der Waals surface area contributed by atoms with Crippen molar-refractivity contribution < 1.29 is 20.1 Å². The zero-order valence-corrected chi connectivity index (χ0v) is 22.1. The van der Waals surface area contributed by atoms with E-state index in [0.717, 1.165) is 54.1 Å². The average molecular weight is 527 g/mol. The lowest BCUT2D eigenvalue weighted by Gasteiger charge is -2.30. The fourth-order valence-corrected chi connectivity index (χ4v) is 5.13. The summed E-state index contributed by atoms with van der Waals surface area (Å²) in [5, 5.41) is 5.35. The van der Waals surface area contributed by atoms with Gasteiger partial charge in [0.2, 0.25) is 5.91 Å². The standard InChI is InChI=1S/C32H32FN3O3/c1-35-30-14-13-26(18-27(30)20-34-35)24-11-8-22(9-12-24)21-36(32(38)25-6-4-3-5-7-25)29-17-23(16-28(33)19-29)10-15-31(37)39-2/h8-20,25H,3-7,21H2,1-2H3/b15-10+/i21D/t21-/m1/s1. The van der Waals surface area contributed by atoms with E-state index in [1.165, 1.54) is 36.3 Å². The topological polar surface area (TPSA) is 64.4 Å². The van der Waals surface area contributed by atoms with E-state index >= 15 is 0 Å². The van der Waals surface area contributed by atoms with Crippen LogP contribution in [0.4, 0.5) is 10.1 Å². The number of methoxy groups -OCH3 is 1. The molecule has 1 aliphatic carbocycles. The third kappa shape index (κ3) is 6.08. The lowest BCUT2D eigenvalue weighted by atomic mass is 9.88.